The number of piperazine rings is 1. The highest BCUT2D eigenvalue weighted by atomic mass is 16.2. The largest absolute Gasteiger partial charge is 0.351 e. The fraction of sp³-hybridized carbons (Fsp3) is 0.429. The second kappa shape index (κ2) is 7.47. The maximum Gasteiger partial charge on any atom is 0.270 e. The number of para-hydroxylation sites is 1. The molecule has 4 rings (SSSR count). The quantitative estimate of drug-likeness (QED) is 0.786. The maximum absolute atomic E-state index is 12.8. The van der Waals surface area contributed by atoms with Crippen LogP contribution in [0, 0.1) is 12.3 Å². The molecular formula is C21H23N5O2. The summed E-state index contributed by atoms with van der Waals surface area (Å²) in [5.74, 6) is 2.67. The summed E-state index contributed by atoms with van der Waals surface area (Å²) in [6.45, 7) is 2.18. The molecule has 144 valence electrons. The van der Waals surface area contributed by atoms with Gasteiger partial charge in [0.25, 0.3) is 5.91 Å². The number of aromatic nitrogens is 1. The number of fused-ring (bicyclic) bond motifs is 1. The molecule has 0 unspecified atom stereocenters. The van der Waals surface area contributed by atoms with E-state index in [-0.39, 0.29) is 11.8 Å². The predicted molar refractivity (Wildman–Crippen MR) is 106 cm³/mol. The monoisotopic (exact) mass is 377 g/mol. The molecule has 0 spiro atoms. The molecule has 1 saturated heterocycles. The van der Waals surface area contributed by atoms with Crippen LogP contribution in [0.1, 0.15) is 36.2 Å². The number of aromatic amines is 1. The van der Waals surface area contributed by atoms with Gasteiger partial charge < -0.3 is 14.8 Å². The molecule has 0 atom stereocenters. The molecule has 0 bridgehead atoms. The number of rotatable bonds is 6. The van der Waals surface area contributed by atoms with Gasteiger partial charge in [0.05, 0.1) is 0 Å². The molecule has 1 fully saturated rings. The molecule has 3 heterocycles. The minimum absolute atomic E-state index is 0.0212. The minimum Gasteiger partial charge on any atom is -0.351 e. The van der Waals surface area contributed by atoms with Gasteiger partial charge in [-0.3, -0.25) is 9.59 Å². The van der Waals surface area contributed by atoms with Gasteiger partial charge in [-0.1, -0.05) is 18.2 Å². The first-order valence-electron chi connectivity index (χ1n) is 9.63. The van der Waals surface area contributed by atoms with Crippen LogP contribution in [0.5, 0.6) is 0 Å². The van der Waals surface area contributed by atoms with E-state index >= 15 is 0 Å². The van der Waals surface area contributed by atoms with E-state index in [0.717, 1.165) is 10.9 Å². The van der Waals surface area contributed by atoms with Gasteiger partial charge >= 0.3 is 0 Å². The first-order valence-corrected chi connectivity index (χ1v) is 9.63. The number of carbonyl (C=O) groups is 2. The van der Waals surface area contributed by atoms with Gasteiger partial charge in [0.2, 0.25) is 5.91 Å². The molecule has 2 aromatic rings. The SMILES string of the molecule is C#CCCC1(CCC(=O)N2CCN(C(=O)c3cc4ccccc4[nH]3)CC2)N=N1. The Labute approximate surface area is 163 Å². The third-order valence-electron chi connectivity index (χ3n) is 5.47. The average molecular weight is 377 g/mol. The number of hydrogen-bond donors (Lipinski definition) is 1. The Hall–Kier alpha value is -3.14. The second-order valence-electron chi connectivity index (χ2n) is 7.33. The topological polar surface area (TPSA) is 81.1 Å². The zero-order valence-corrected chi connectivity index (χ0v) is 15.7. The first-order chi connectivity index (χ1) is 13.6. The fourth-order valence-corrected chi connectivity index (χ4v) is 3.65. The van der Waals surface area contributed by atoms with Gasteiger partial charge in [-0.15, -0.1) is 12.3 Å². The van der Waals surface area contributed by atoms with Crippen LogP contribution in [-0.2, 0) is 4.79 Å². The van der Waals surface area contributed by atoms with Crippen LogP contribution in [0.25, 0.3) is 10.9 Å². The Balaban J connectivity index is 1.27. The molecule has 1 aromatic carbocycles. The van der Waals surface area contributed by atoms with Crippen molar-refractivity contribution in [3.05, 3.63) is 36.0 Å². The van der Waals surface area contributed by atoms with Gasteiger partial charge in [-0.05, 0) is 12.1 Å². The van der Waals surface area contributed by atoms with Gasteiger partial charge in [0.15, 0.2) is 5.66 Å². The number of H-pyrrole nitrogens is 1. The third-order valence-corrected chi connectivity index (χ3v) is 5.47. The highest BCUT2D eigenvalue weighted by Gasteiger charge is 2.39. The smallest absolute Gasteiger partial charge is 0.270 e. The molecule has 2 aliphatic heterocycles. The lowest BCUT2D eigenvalue weighted by molar-refractivity contribution is -0.132. The molecule has 0 radical (unpaired) electrons. The number of hydrogen-bond acceptors (Lipinski definition) is 4. The Morgan fingerprint density at radius 3 is 2.50 bits per heavy atom. The van der Waals surface area contributed by atoms with Crippen molar-refractivity contribution in [1.82, 2.24) is 14.8 Å². The Morgan fingerprint density at radius 2 is 1.82 bits per heavy atom. The van der Waals surface area contributed by atoms with Crippen molar-refractivity contribution in [2.24, 2.45) is 10.2 Å². The summed E-state index contributed by atoms with van der Waals surface area (Å²) in [4.78, 5) is 32.1. The molecule has 7 nitrogen and oxygen atoms in total. The van der Waals surface area contributed by atoms with Crippen molar-refractivity contribution in [1.29, 1.82) is 0 Å². The number of terminal acetylenes is 1. The van der Waals surface area contributed by atoms with Crippen molar-refractivity contribution < 1.29 is 9.59 Å². The van der Waals surface area contributed by atoms with Crippen LogP contribution in [0.15, 0.2) is 40.6 Å². The lowest BCUT2D eigenvalue weighted by atomic mass is 10.0. The summed E-state index contributed by atoms with van der Waals surface area (Å²) in [5.41, 5.74) is 1.12. The average Bonchev–Trinajstić information content (AvgIpc) is 3.37. The van der Waals surface area contributed by atoms with E-state index in [1.54, 1.807) is 4.90 Å². The maximum atomic E-state index is 12.8. The second-order valence-corrected chi connectivity index (χ2v) is 7.33. The van der Waals surface area contributed by atoms with Gasteiger partial charge in [0, 0.05) is 62.8 Å². The Bertz CT molecular complexity index is 924. The van der Waals surface area contributed by atoms with E-state index in [1.807, 2.05) is 35.2 Å². The van der Waals surface area contributed by atoms with Crippen molar-refractivity contribution in [3.63, 3.8) is 0 Å². The van der Waals surface area contributed by atoms with E-state index in [2.05, 4.69) is 21.1 Å². The molecule has 7 heteroatoms. The molecule has 2 aliphatic rings. The molecule has 1 aromatic heterocycles. The van der Waals surface area contributed by atoms with Crippen LogP contribution >= 0.6 is 0 Å². The van der Waals surface area contributed by atoms with Crippen molar-refractivity contribution in [2.45, 2.75) is 31.3 Å². The Kier molecular flexibility index (Phi) is 4.86. The van der Waals surface area contributed by atoms with Gasteiger partial charge in [-0.2, -0.15) is 10.2 Å². The summed E-state index contributed by atoms with van der Waals surface area (Å²) >= 11 is 0. The minimum atomic E-state index is -0.421. The van der Waals surface area contributed by atoms with E-state index in [9.17, 15) is 9.59 Å². The molecular weight excluding hydrogens is 354 g/mol. The normalized spacial score (nSPS) is 17.5. The number of nitrogens with zero attached hydrogens (tertiary/aromatic N) is 4. The number of benzene rings is 1. The Morgan fingerprint density at radius 1 is 1.11 bits per heavy atom. The van der Waals surface area contributed by atoms with E-state index in [0.29, 0.717) is 57.6 Å². The van der Waals surface area contributed by atoms with Crippen LogP contribution in [0.2, 0.25) is 0 Å². The summed E-state index contributed by atoms with van der Waals surface area (Å²) in [6, 6.07) is 9.71. The predicted octanol–water partition coefficient (Wildman–Crippen LogP) is 2.81. The van der Waals surface area contributed by atoms with E-state index in [1.165, 1.54) is 0 Å². The molecule has 1 N–H and O–H groups in total. The summed E-state index contributed by atoms with van der Waals surface area (Å²) < 4.78 is 0. The highest BCUT2D eigenvalue weighted by molar-refractivity contribution is 5.98. The zero-order valence-electron chi connectivity index (χ0n) is 15.7. The zero-order chi connectivity index (χ0) is 19.6. The van der Waals surface area contributed by atoms with Crippen LogP contribution in [0.4, 0.5) is 0 Å². The summed E-state index contributed by atoms with van der Waals surface area (Å²) in [7, 11) is 0. The van der Waals surface area contributed by atoms with Gasteiger partial charge in [-0.25, -0.2) is 0 Å². The number of nitrogens with one attached hydrogen (secondary N) is 1. The van der Waals surface area contributed by atoms with Gasteiger partial charge in [0.1, 0.15) is 5.69 Å². The highest BCUT2D eigenvalue weighted by Crippen LogP contribution is 2.37. The lowest BCUT2D eigenvalue weighted by Crippen LogP contribution is -2.50. The van der Waals surface area contributed by atoms with Crippen molar-refractivity contribution >= 4 is 22.7 Å². The molecule has 28 heavy (non-hydrogen) atoms. The fourth-order valence-electron chi connectivity index (χ4n) is 3.65. The summed E-state index contributed by atoms with van der Waals surface area (Å²) in [6.07, 6.45) is 7.65. The van der Waals surface area contributed by atoms with Crippen molar-refractivity contribution in [3.8, 4) is 12.3 Å². The van der Waals surface area contributed by atoms with Crippen molar-refractivity contribution in [2.75, 3.05) is 26.2 Å². The lowest BCUT2D eigenvalue weighted by Gasteiger charge is -2.34. The third kappa shape index (κ3) is 3.77. The van der Waals surface area contributed by atoms with E-state index < -0.39 is 5.66 Å². The standard InChI is InChI=1S/C21H23N5O2/c1-2-3-9-21(23-24-21)10-8-19(27)25-11-13-26(14-12-25)20(28)18-15-16-6-4-5-7-17(16)22-18/h1,4-7,15,22H,3,8-14H2. The molecule has 0 aliphatic carbocycles. The summed E-state index contributed by atoms with van der Waals surface area (Å²) in [5, 5.41) is 9.18. The van der Waals surface area contributed by atoms with E-state index in [4.69, 9.17) is 6.42 Å². The van der Waals surface area contributed by atoms with Crippen LogP contribution in [-0.4, -0.2) is 58.4 Å². The first kappa shape index (κ1) is 18.2. The van der Waals surface area contributed by atoms with Crippen LogP contribution < -0.4 is 0 Å². The number of amides is 2. The molecule has 2 amide bonds. The molecule has 0 saturated carbocycles. The van der Waals surface area contributed by atoms with Crippen LogP contribution in [0.3, 0.4) is 0 Å². The number of carbonyl (C=O) groups excluding carboxylic acids is 2.